The van der Waals surface area contributed by atoms with Crippen LogP contribution in [0.4, 0.5) is 4.79 Å². The Morgan fingerprint density at radius 3 is 2.41 bits per heavy atom. The number of carbonyl (C=O) groups is 1. The minimum Gasteiger partial charge on any atom is -0.410 e. The third kappa shape index (κ3) is 9.00. The number of amides is 1. The molecule has 5 nitrogen and oxygen atoms in total. The summed E-state index contributed by atoms with van der Waals surface area (Å²) in [5.74, 6) is 0.515. The molecule has 0 radical (unpaired) electrons. The van der Waals surface area contributed by atoms with Crippen LogP contribution in [0.3, 0.4) is 0 Å². The summed E-state index contributed by atoms with van der Waals surface area (Å²) in [4.78, 5) is 11.9. The molecule has 1 aromatic heterocycles. The average Bonchev–Trinajstić information content (AvgIpc) is 3.21. The van der Waals surface area contributed by atoms with Crippen molar-refractivity contribution in [3.63, 3.8) is 0 Å². The lowest BCUT2D eigenvalue weighted by Gasteiger charge is -2.07. The highest BCUT2D eigenvalue weighted by molar-refractivity contribution is 7.03. The van der Waals surface area contributed by atoms with Crippen LogP contribution >= 0.6 is 11.5 Å². The van der Waals surface area contributed by atoms with Crippen molar-refractivity contribution in [2.75, 3.05) is 6.54 Å². The first-order valence-corrected chi connectivity index (χ1v) is 11.0. The van der Waals surface area contributed by atoms with Crippen LogP contribution < -0.4 is 10.1 Å². The van der Waals surface area contributed by atoms with Crippen LogP contribution in [0, 0.1) is 0 Å². The predicted octanol–water partition coefficient (Wildman–Crippen LogP) is 6.21. The highest BCUT2D eigenvalue weighted by atomic mass is 32.1. The Hall–Kier alpha value is -1.95. The summed E-state index contributed by atoms with van der Waals surface area (Å²) in [5, 5.41) is 8.72. The van der Waals surface area contributed by atoms with Crippen LogP contribution in [-0.4, -0.2) is 22.2 Å². The van der Waals surface area contributed by atoms with Gasteiger partial charge in [-0.3, -0.25) is 0 Å². The largest absolute Gasteiger partial charge is 0.412 e. The molecule has 0 aliphatic carbocycles. The molecule has 0 unspecified atom stereocenters. The van der Waals surface area contributed by atoms with Crippen LogP contribution in [0.2, 0.25) is 0 Å². The maximum Gasteiger partial charge on any atom is 0.412 e. The number of unbranched alkanes of at least 4 members (excludes halogenated alkanes) is 9. The molecule has 0 aliphatic rings. The monoisotopic (exact) mass is 389 g/mol. The minimum absolute atomic E-state index is 0.403. The van der Waals surface area contributed by atoms with Gasteiger partial charge in [0.05, 0.1) is 0 Å². The van der Waals surface area contributed by atoms with E-state index < -0.39 is 6.09 Å². The molecule has 0 aliphatic heterocycles. The van der Waals surface area contributed by atoms with Gasteiger partial charge in [0.15, 0.2) is 0 Å². The Morgan fingerprint density at radius 1 is 1.04 bits per heavy atom. The van der Waals surface area contributed by atoms with Crippen LogP contribution in [0.15, 0.2) is 29.6 Å². The quantitative estimate of drug-likeness (QED) is 0.413. The van der Waals surface area contributed by atoms with E-state index in [4.69, 9.17) is 4.74 Å². The highest BCUT2D eigenvalue weighted by Gasteiger charge is 2.06. The third-order valence-electron chi connectivity index (χ3n) is 4.50. The summed E-state index contributed by atoms with van der Waals surface area (Å²) in [7, 11) is 0. The third-order valence-corrected chi connectivity index (χ3v) is 5.00. The smallest absolute Gasteiger partial charge is 0.410 e. The van der Waals surface area contributed by atoms with Crippen molar-refractivity contribution in [3.8, 4) is 17.0 Å². The summed E-state index contributed by atoms with van der Waals surface area (Å²) >= 11 is 1.30. The molecule has 2 rings (SSSR count). The van der Waals surface area contributed by atoms with Gasteiger partial charge < -0.3 is 10.1 Å². The molecule has 6 heteroatoms. The summed E-state index contributed by atoms with van der Waals surface area (Å²) in [6.45, 7) is 2.91. The van der Waals surface area contributed by atoms with Gasteiger partial charge in [0.25, 0.3) is 0 Å². The highest BCUT2D eigenvalue weighted by Crippen LogP contribution is 2.22. The predicted molar refractivity (Wildman–Crippen MR) is 111 cm³/mol. The molecule has 0 bridgehead atoms. The summed E-state index contributed by atoms with van der Waals surface area (Å²) in [5.41, 5.74) is 1.68. The fraction of sp³-hybridized carbons (Fsp3) is 0.571. The number of benzene rings is 1. The van der Waals surface area contributed by atoms with Gasteiger partial charge in [-0.1, -0.05) is 81.3 Å². The maximum atomic E-state index is 11.9. The molecular weight excluding hydrogens is 358 g/mol. The van der Waals surface area contributed by atoms with Crippen molar-refractivity contribution in [2.24, 2.45) is 0 Å². The van der Waals surface area contributed by atoms with Crippen molar-refractivity contribution in [1.29, 1.82) is 0 Å². The molecule has 0 spiro atoms. The molecule has 0 saturated carbocycles. The molecule has 148 valence electrons. The summed E-state index contributed by atoms with van der Waals surface area (Å²) in [6, 6.07) is 7.34. The molecule has 1 aromatic carbocycles. The van der Waals surface area contributed by atoms with Crippen molar-refractivity contribution in [3.05, 3.63) is 29.6 Å². The molecule has 0 atom stereocenters. The van der Waals surface area contributed by atoms with E-state index in [1.807, 2.05) is 17.5 Å². The summed E-state index contributed by atoms with van der Waals surface area (Å²) in [6.07, 6.45) is 12.4. The normalized spacial score (nSPS) is 10.7. The van der Waals surface area contributed by atoms with Gasteiger partial charge in [0, 0.05) is 17.5 Å². The van der Waals surface area contributed by atoms with E-state index in [1.165, 1.54) is 62.9 Å². The maximum absolute atomic E-state index is 11.9. The Labute approximate surface area is 166 Å². The fourth-order valence-electron chi connectivity index (χ4n) is 2.96. The van der Waals surface area contributed by atoms with Gasteiger partial charge in [0.1, 0.15) is 11.4 Å². The standard InChI is InChI=1S/C21H31N3O2S/c1-2-3-4-5-6-7-8-9-10-11-15-22-21(25)26-19-14-12-13-18(16-19)20-17-27-24-23-20/h12-14,16-17H,2-11,15H2,1H3,(H,22,25). The molecule has 1 amide bonds. The first kappa shape index (κ1) is 21.4. The van der Waals surface area contributed by atoms with Crippen molar-refractivity contribution >= 4 is 17.6 Å². The number of aromatic nitrogens is 2. The van der Waals surface area contributed by atoms with Crippen LogP contribution in [-0.2, 0) is 0 Å². The zero-order valence-corrected chi connectivity index (χ0v) is 17.1. The number of rotatable bonds is 13. The van der Waals surface area contributed by atoms with Gasteiger partial charge >= 0.3 is 6.09 Å². The van der Waals surface area contributed by atoms with E-state index in [1.54, 1.807) is 12.1 Å². The average molecular weight is 390 g/mol. The van der Waals surface area contributed by atoms with E-state index in [0.29, 0.717) is 12.3 Å². The van der Waals surface area contributed by atoms with E-state index in [9.17, 15) is 4.79 Å². The van der Waals surface area contributed by atoms with Crippen molar-refractivity contribution in [2.45, 2.75) is 71.1 Å². The molecular formula is C21H31N3O2S. The molecule has 0 fully saturated rings. The first-order valence-electron chi connectivity index (χ1n) is 10.1. The number of carbonyl (C=O) groups excluding carboxylic acids is 1. The van der Waals surface area contributed by atoms with Crippen LogP contribution in [0.1, 0.15) is 71.1 Å². The Kier molecular flexibility index (Phi) is 10.5. The van der Waals surface area contributed by atoms with Gasteiger partial charge in [-0.15, -0.1) is 5.10 Å². The van der Waals surface area contributed by atoms with E-state index >= 15 is 0 Å². The van der Waals surface area contributed by atoms with E-state index in [2.05, 4.69) is 21.8 Å². The second-order valence-electron chi connectivity index (χ2n) is 6.82. The van der Waals surface area contributed by atoms with Gasteiger partial charge in [-0.2, -0.15) is 0 Å². The SMILES string of the molecule is CCCCCCCCCCCCNC(=O)Oc1cccc(-c2csnn2)c1. The topological polar surface area (TPSA) is 64.1 Å². The van der Waals surface area contributed by atoms with Crippen molar-refractivity contribution < 1.29 is 9.53 Å². The minimum atomic E-state index is -0.403. The molecule has 1 heterocycles. The van der Waals surface area contributed by atoms with E-state index in [-0.39, 0.29) is 0 Å². The number of hydrogen-bond donors (Lipinski definition) is 1. The lowest BCUT2D eigenvalue weighted by atomic mass is 10.1. The zero-order chi connectivity index (χ0) is 19.2. The number of ether oxygens (including phenoxy) is 1. The Bertz CT molecular complexity index is 647. The van der Waals surface area contributed by atoms with Crippen LogP contribution in [0.25, 0.3) is 11.3 Å². The van der Waals surface area contributed by atoms with Gasteiger partial charge in [-0.25, -0.2) is 4.79 Å². The molecule has 0 saturated heterocycles. The number of nitrogens with one attached hydrogen (secondary N) is 1. The lowest BCUT2D eigenvalue weighted by molar-refractivity contribution is 0.200. The zero-order valence-electron chi connectivity index (χ0n) is 16.3. The van der Waals surface area contributed by atoms with Crippen LogP contribution in [0.5, 0.6) is 5.75 Å². The first-order chi connectivity index (χ1) is 13.3. The van der Waals surface area contributed by atoms with E-state index in [0.717, 1.165) is 24.1 Å². The van der Waals surface area contributed by atoms with Gasteiger partial charge in [-0.05, 0) is 30.1 Å². The van der Waals surface area contributed by atoms with Gasteiger partial charge in [0.2, 0.25) is 0 Å². The fourth-order valence-corrected chi connectivity index (χ4v) is 3.42. The molecule has 2 aromatic rings. The molecule has 1 N–H and O–H groups in total. The number of nitrogens with zero attached hydrogens (tertiary/aromatic N) is 2. The molecule has 27 heavy (non-hydrogen) atoms. The second-order valence-corrected chi connectivity index (χ2v) is 7.43. The second kappa shape index (κ2) is 13.3. The van der Waals surface area contributed by atoms with Crippen molar-refractivity contribution in [1.82, 2.24) is 14.9 Å². The summed E-state index contributed by atoms with van der Waals surface area (Å²) < 4.78 is 9.20. The lowest BCUT2D eigenvalue weighted by Crippen LogP contribution is -2.27. The number of hydrogen-bond acceptors (Lipinski definition) is 5. The Morgan fingerprint density at radius 2 is 1.74 bits per heavy atom. The Balaban J connectivity index is 1.52.